The Balaban J connectivity index is 2.10. The summed E-state index contributed by atoms with van der Waals surface area (Å²) in [6, 6.07) is 0. The van der Waals surface area contributed by atoms with Crippen molar-refractivity contribution in [3.8, 4) is 0 Å². The van der Waals surface area contributed by atoms with Crippen molar-refractivity contribution in [1.29, 1.82) is 0 Å². The summed E-state index contributed by atoms with van der Waals surface area (Å²) >= 11 is 1.89. The van der Waals surface area contributed by atoms with Gasteiger partial charge in [-0.3, -0.25) is 0 Å². The Hall–Kier alpha value is 0.270. The largest absolute Gasteiger partial charge is 0.392 e. The van der Waals surface area contributed by atoms with E-state index in [4.69, 9.17) is 4.74 Å². The first-order valence-corrected chi connectivity index (χ1v) is 6.12. The molecule has 0 aromatic heterocycles. The fraction of sp³-hybridized carbons (Fsp3) is 1.00. The Bertz CT molecular complexity index is 133. The lowest BCUT2D eigenvalue weighted by Crippen LogP contribution is -2.21. The highest BCUT2D eigenvalue weighted by Crippen LogP contribution is 2.23. The van der Waals surface area contributed by atoms with E-state index in [9.17, 15) is 5.11 Å². The number of aliphatic hydroxyl groups excluding tert-OH is 1. The highest BCUT2D eigenvalue weighted by Gasteiger charge is 2.16. The van der Waals surface area contributed by atoms with Crippen LogP contribution in [-0.4, -0.2) is 35.4 Å². The maximum absolute atomic E-state index is 9.30. The fourth-order valence-corrected chi connectivity index (χ4v) is 2.53. The van der Waals surface area contributed by atoms with Crippen LogP contribution in [0, 0.1) is 5.92 Å². The zero-order valence-electron chi connectivity index (χ0n) is 8.53. The topological polar surface area (TPSA) is 29.5 Å². The molecule has 1 heterocycles. The number of thioether (sulfide) groups is 1. The lowest BCUT2D eigenvalue weighted by Gasteiger charge is -2.23. The van der Waals surface area contributed by atoms with Crippen molar-refractivity contribution < 1.29 is 9.84 Å². The van der Waals surface area contributed by atoms with E-state index in [1.807, 2.05) is 18.7 Å². The van der Waals surface area contributed by atoms with Crippen molar-refractivity contribution in [2.24, 2.45) is 5.92 Å². The van der Waals surface area contributed by atoms with Gasteiger partial charge in [-0.25, -0.2) is 0 Å². The van der Waals surface area contributed by atoms with E-state index in [0.717, 1.165) is 19.1 Å². The van der Waals surface area contributed by atoms with E-state index in [1.54, 1.807) is 0 Å². The molecule has 0 aliphatic carbocycles. The third-order valence-corrected chi connectivity index (χ3v) is 4.20. The van der Waals surface area contributed by atoms with Crippen LogP contribution >= 0.6 is 11.8 Å². The molecule has 0 saturated carbocycles. The van der Waals surface area contributed by atoms with Crippen LogP contribution in [0.5, 0.6) is 0 Å². The van der Waals surface area contributed by atoms with Crippen LogP contribution in [0.4, 0.5) is 0 Å². The number of ether oxygens (including phenoxy) is 1. The minimum absolute atomic E-state index is 0.190. The average molecular weight is 204 g/mol. The van der Waals surface area contributed by atoms with Crippen LogP contribution in [0.3, 0.4) is 0 Å². The normalized spacial score (nSPS) is 24.2. The Morgan fingerprint density at radius 2 is 2.00 bits per heavy atom. The van der Waals surface area contributed by atoms with Crippen LogP contribution in [-0.2, 0) is 4.74 Å². The summed E-state index contributed by atoms with van der Waals surface area (Å²) in [4.78, 5) is 0. The van der Waals surface area contributed by atoms with Gasteiger partial charge in [0, 0.05) is 18.5 Å². The zero-order valence-corrected chi connectivity index (χ0v) is 9.35. The van der Waals surface area contributed by atoms with Crippen LogP contribution in [0.1, 0.15) is 26.7 Å². The molecule has 1 aliphatic heterocycles. The molecule has 1 saturated heterocycles. The third kappa shape index (κ3) is 4.34. The number of hydrogen-bond acceptors (Lipinski definition) is 3. The van der Waals surface area contributed by atoms with E-state index >= 15 is 0 Å². The van der Waals surface area contributed by atoms with E-state index in [0.29, 0.717) is 5.25 Å². The van der Waals surface area contributed by atoms with Crippen molar-refractivity contribution in [2.45, 2.75) is 38.0 Å². The molecule has 1 N–H and O–H groups in total. The average Bonchev–Trinajstić information content (AvgIpc) is 2.15. The molecule has 0 bridgehead atoms. The second kappa shape index (κ2) is 5.89. The summed E-state index contributed by atoms with van der Waals surface area (Å²) in [6.07, 6.45) is 2.20. The quantitative estimate of drug-likeness (QED) is 0.758. The van der Waals surface area contributed by atoms with Crippen molar-refractivity contribution in [1.82, 2.24) is 0 Å². The van der Waals surface area contributed by atoms with Gasteiger partial charge in [0.1, 0.15) is 0 Å². The Morgan fingerprint density at radius 3 is 2.54 bits per heavy atom. The summed E-state index contributed by atoms with van der Waals surface area (Å²) in [5.74, 6) is 1.98. The van der Waals surface area contributed by atoms with Crippen LogP contribution in [0.15, 0.2) is 0 Å². The molecular weight excluding hydrogens is 184 g/mol. The molecule has 3 heteroatoms. The molecular formula is C10H20O2S. The van der Waals surface area contributed by atoms with E-state index < -0.39 is 0 Å². The summed E-state index contributed by atoms with van der Waals surface area (Å²) in [5, 5.41) is 9.67. The summed E-state index contributed by atoms with van der Waals surface area (Å²) in [7, 11) is 0. The lowest BCUT2D eigenvalue weighted by atomic mass is 10.0. The van der Waals surface area contributed by atoms with Crippen molar-refractivity contribution >= 4 is 11.8 Å². The molecule has 1 rings (SSSR count). The first-order chi connectivity index (χ1) is 6.20. The number of hydrogen-bond donors (Lipinski definition) is 1. The number of aliphatic hydroxyl groups is 1. The van der Waals surface area contributed by atoms with Crippen LogP contribution in [0.2, 0.25) is 0 Å². The molecule has 0 spiro atoms. The SMILES string of the molecule is CC(O)C(C)SCC1CCOCC1. The van der Waals surface area contributed by atoms with Crippen LogP contribution < -0.4 is 0 Å². The molecule has 2 atom stereocenters. The van der Waals surface area contributed by atoms with Gasteiger partial charge in [-0.15, -0.1) is 0 Å². The maximum atomic E-state index is 9.30. The van der Waals surface area contributed by atoms with Crippen molar-refractivity contribution in [3.63, 3.8) is 0 Å². The van der Waals surface area contributed by atoms with Gasteiger partial charge in [0.25, 0.3) is 0 Å². The van der Waals surface area contributed by atoms with Gasteiger partial charge in [0.2, 0.25) is 0 Å². The van der Waals surface area contributed by atoms with Gasteiger partial charge in [0.15, 0.2) is 0 Å². The van der Waals surface area contributed by atoms with Gasteiger partial charge >= 0.3 is 0 Å². The predicted octanol–water partition coefficient (Wildman–Crippen LogP) is 1.92. The highest BCUT2D eigenvalue weighted by atomic mass is 32.2. The van der Waals surface area contributed by atoms with Gasteiger partial charge in [0.05, 0.1) is 6.10 Å². The lowest BCUT2D eigenvalue weighted by molar-refractivity contribution is 0.0727. The molecule has 0 aromatic rings. The Morgan fingerprint density at radius 1 is 1.38 bits per heavy atom. The van der Waals surface area contributed by atoms with E-state index in [1.165, 1.54) is 18.6 Å². The zero-order chi connectivity index (χ0) is 9.68. The molecule has 1 fully saturated rings. The van der Waals surface area contributed by atoms with Crippen molar-refractivity contribution in [3.05, 3.63) is 0 Å². The van der Waals surface area contributed by atoms with Crippen molar-refractivity contribution in [2.75, 3.05) is 19.0 Å². The molecule has 0 radical (unpaired) electrons. The summed E-state index contributed by atoms with van der Waals surface area (Å²) in [5.41, 5.74) is 0. The molecule has 1 aliphatic rings. The Kier molecular flexibility index (Phi) is 5.14. The molecule has 2 nitrogen and oxygen atoms in total. The second-order valence-corrected chi connectivity index (χ2v) is 5.25. The molecule has 2 unspecified atom stereocenters. The van der Waals surface area contributed by atoms with E-state index in [2.05, 4.69) is 6.92 Å². The summed E-state index contributed by atoms with van der Waals surface area (Å²) < 4.78 is 5.30. The first kappa shape index (κ1) is 11.3. The first-order valence-electron chi connectivity index (χ1n) is 5.07. The smallest absolute Gasteiger partial charge is 0.0627 e. The van der Waals surface area contributed by atoms with Gasteiger partial charge in [-0.05, 0) is 31.4 Å². The monoisotopic (exact) mass is 204 g/mol. The predicted molar refractivity (Wildman–Crippen MR) is 57.1 cm³/mol. The maximum Gasteiger partial charge on any atom is 0.0627 e. The van der Waals surface area contributed by atoms with Gasteiger partial charge < -0.3 is 9.84 Å². The minimum atomic E-state index is -0.190. The summed E-state index contributed by atoms with van der Waals surface area (Å²) in [6.45, 7) is 5.80. The van der Waals surface area contributed by atoms with Gasteiger partial charge in [-0.2, -0.15) is 11.8 Å². The molecule has 78 valence electrons. The standard InChI is InChI=1S/C10H20O2S/c1-8(11)9(2)13-7-10-3-5-12-6-4-10/h8-11H,3-7H2,1-2H3. The Labute approximate surface area is 85.0 Å². The molecule has 0 aromatic carbocycles. The second-order valence-electron chi connectivity index (χ2n) is 3.83. The minimum Gasteiger partial charge on any atom is -0.392 e. The molecule has 13 heavy (non-hydrogen) atoms. The highest BCUT2D eigenvalue weighted by molar-refractivity contribution is 7.99. The third-order valence-electron chi connectivity index (χ3n) is 2.62. The molecule has 0 amide bonds. The van der Waals surface area contributed by atoms with E-state index in [-0.39, 0.29) is 6.10 Å². The number of rotatable bonds is 4. The van der Waals surface area contributed by atoms with Crippen LogP contribution in [0.25, 0.3) is 0 Å². The van der Waals surface area contributed by atoms with Gasteiger partial charge in [-0.1, -0.05) is 6.92 Å². The fourth-order valence-electron chi connectivity index (χ4n) is 1.34.